The van der Waals surface area contributed by atoms with Gasteiger partial charge in [0.2, 0.25) is 0 Å². The van der Waals surface area contributed by atoms with Gasteiger partial charge in [-0.05, 0) is 55.5 Å². The van der Waals surface area contributed by atoms with Gasteiger partial charge in [-0.2, -0.15) is 0 Å². The summed E-state index contributed by atoms with van der Waals surface area (Å²) in [5.74, 6) is 1.24. The van der Waals surface area contributed by atoms with Gasteiger partial charge in [0, 0.05) is 15.7 Å². The highest BCUT2D eigenvalue weighted by Crippen LogP contribution is 2.27. The van der Waals surface area contributed by atoms with Crippen LogP contribution in [0.3, 0.4) is 0 Å². The van der Waals surface area contributed by atoms with E-state index in [4.69, 9.17) is 11.6 Å². The molecule has 0 saturated carbocycles. The zero-order valence-electron chi connectivity index (χ0n) is 12.2. The minimum absolute atomic E-state index is 0.504. The number of halogens is 2. The van der Waals surface area contributed by atoms with E-state index in [1.807, 2.05) is 6.07 Å². The first kappa shape index (κ1) is 15.5. The van der Waals surface area contributed by atoms with E-state index in [0.29, 0.717) is 16.9 Å². The van der Waals surface area contributed by atoms with Gasteiger partial charge in [0.1, 0.15) is 5.15 Å². The van der Waals surface area contributed by atoms with Crippen molar-refractivity contribution in [2.45, 2.75) is 34.1 Å². The van der Waals surface area contributed by atoms with E-state index in [2.05, 4.69) is 65.7 Å². The molecular weight excluding hydrogens is 336 g/mol. The molecule has 2 nitrogen and oxygen atoms in total. The van der Waals surface area contributed by atoms with E-state index >= 15 is 0 Å². The van der Waals surface area contributed by atoms with Crippen molar-refractivity contribution in [3.05, 3.63) is 44.6 Å². The number of nitrogens with zero attached hydrogens (tertiary/aromatic N) is 2. The van der Waals surface area contributed by atoms with E-state index in [1.54, 1.807) is 0 Å². The molecule has 20 heavy (non-hydrogen) atoms. The van der Waals surface area contributed by atoms with Crippen LogP contribution < -0.4 is 0 Å². The third-order valence-electron chi connectivity index (χ3n) is 3.06. The number of aryl methyl sites for hydroxylation is 2. The molecule has 1 aromatic heterocycles. The normalized spacial score (nSPS) is 11.2. The van der Waals surface area contributed by atoms with Gasteiger partial charge >= 0.3 is 0 Å². The third kappa shape index (κ3) is 3.58. The van der Waals surface area contributed by atoms with E-state index in [0.717, 1.165) is 22.2 Å². The highest BCUT2D eigenvalue weighted by Gasteiger charge is 2.10. The Morgan fingerprint density at radius 2 is 1.70 bits per heavy atom. The lowest BCUT2D eigenvalue weighted by atomic mass is 10.1. The lowest BCUT2D eigenvalue weighted by molar-refractivity contribution is 0.634. The molecule has 2 rings (SSSR count). The van der Waals surface area contributed by atoms with Gasteiger partial charge in [-0.25, -0.2) is 9.97 Å². The van der Waals surface area contributed by atoms with Crippen molar-refractivity contribution in [2.24, 2.45) is 5.92 Å². The minimum atomic E-state index is 0.504. The summed E-state index contributed by atoms with van der Waals surface area (Å²) in [7, 11) is 0. The summed E-state index contributed by atoms with van der Waals surface area (Å²) in [6.45, 7) is 8.48. The van der Waals surface area contributed by atoms with Crippen molar-refractivity contribution in [2.75, 3.05) is 0 Å². The fourth-order valence-electron chi connectivity index (χ4n) is 2.19. The van der Waals surface area contributed by atoms with Gasteiger partial charge in [0.15, 0.2) is 5.82 Å². The first-order valence-electron chi connectivity index (χ1n) is 6.67. The number of benzene rings is 1. The molecule has 0 unspecified atom stereocenters. The van der Waals surface area contributed by atoms with Crippen LogP contribution in [0.5, 0.6) is 0 Å². The van der Waals surface area contributed by atoms with Crippen molar-refractivity contribution in [1.82, 2.24) is 9.97 Å². The highest BCUT2D eigenvalue weighted by molar-refractivity contribution is 9.10. The van der Waals surface area contributed by atoms with E-state index < -0.39 is 0 Å². The Kier molecular flexibility index (Phi) is 4.82. The van der Waals surface area contributed by atoms with Gasteiger partial charge in [-0.1, -0.05) is 41.4 Å². The molecule has 0 spiro atoms. The SMILES string of the molecule is Cc1cc(-c2nc(Cl)cc(CC(C)C)n2)cc(C)c1Br. The van der Waals surface area contributed by atoms with Crippen LogP contribution in [-0.2, 0) is 6.42 Å². The average Bonchev–Trinajstić information content (AvgIpc) is 2.33. The Morgan fingerprint density at radius 3 is 2.25 bits per heavy atom. The van der Waals surface area contributed by atoms with Crippen molar-refractivity contribution in [1.29, 1.82) is 0 Å². The van der Waals surface area contributed by atoms with Crippen LogP contribution in [0.15, 0.2) is 22.7 Å². The maximum atomic E-state index is 6.13. The van der Waals surface area contributed by atoms with Crippen LogP contribution >= 0.6 is 27.5 Å². The fourth-order valence-corrected chi connectivity index (χ4v) is 2.63. The van der Waals surface area contributed by atoms with Gasteiger partial charge < -0.3 is 0 Å². The summed E-state index contributed by atoms with van der Waals surface area (Å²) >= 11 is 9.71. The highest BCUT2D eigenvalue weighted by atomic mass is 79.9. The lowest BCUT2D eigenvalue weighted by Gasteiger charge is -2.10. The lowest BCUT2D eigenvalue weighted by Crippen LogP contribution is -2.01. The quantitative estimate of drug-likeness (QED) is 0.693. The molecule has 106 valence electrons. The predicted molar refractivity (Wildman–Crippen MR) is 88.2 cm³/mol. The fraction of sp³-hybridized carbons (Fsp3) is 0.375. The Hall–Kier alpha value is -0.930. The summed E-state index contributed by atoms with van der Waals surface area (Å²) in [6.07, 6.45) is 0.906. The molecule has 0 saturated heterocycles. The molecule has 0 fully saturated rings. The van der Waals surface area contributed by atoms with Gasteiger partial charge in [0.05, 0.1) is 0 Å². The van der Waals surface area contributed by atoms with Gasteiger partial charge in [0.25, 0.3) is 0 Å². The molecule has 1 aromatic carbocycles. The molecule has 0 bridgehead atoms. The van der Waals surface area contributed by atoms with Crippen LogP contribution in [0.1, 0.15) is 30.7 Å². The second-order valence-electron chi connectivity index (χ2n) is 5.53. The van der Waals surface area contributed by atoms with Crippen LogP contribution in [0.25, 0.3) is 11.4 Å². The molecule has 0 aliphatic heterocycles. The van der Waals surface area contributed by atoms with Crippen LogP contribution in [-0.4, -0.2) is 9.97 Å². The largest absolute Gasteiger partial charge is 0.233 e. The molecule has 4 heteroatoms. The Balaban J connectivity index is 2.49. The van der Waals surface area contributed by atoms with Crippen molar-refractivity contribution in [3.63, 3.8) is 0 Å². The number of hydrogen-bond donors (Lipinski definition) is 0. The first-order valence-corrected chi connectivity index (χ1v) is 7.84. The molecule has 0 aliphatic carbocycles. The van der Waals surface area contributed by atoms with Crippen molar-refractivity contribution < 1.29 is 0 Å². The molecule has 0 amide bonds. The smallest absolute Gasteiger partial charge is 0.161 e. The number of rotatable bonds is 3. The summed E-state index contributed by atoms with van der Waals surface area (Å²) in [4.78, 5) is 9.01. The van der Waals surface area contributed by atoms with Crippen molar-refractivity contribution >= 4 is 27.5 Å². The van der Waals surface area contributed by atoms with Crippen LogP contribution in [0.4, 0.5) is 0 Å². The van der Waals surface area contributed by atoms with E-state index in [1.165, 1.54) is 11.1 Å². The second kappa shape index (κ2) is 6.23. The molecule has 0 atom stereocenters. The van der Waals surface area contributed by atoms with E-state index in [-0.39, 0.29) is 0 Å². The first-order chi connectivity index (χ1) is 9.36. The summed E-state index contributed by atoms with van der Waals surface area (Å²) in [6, 6.07) is 6.02. The third-order valence-corrected chi connectivity index (χ3v) is 4.50. The number of aromatic nitrogens is 2. The van der Waals surface area contributed by atoms with Crippen LogP contribution in [0.2, 0.25) is 5.15 Å². The minimum Gasteiger partial charge on any atom is -0.233 e. The maximum Gasteiger partial charge on any atom is 0.161 e. The summed E-state index contributed by atoms with van der Waals surface area (Å²) in [5.41, 5.74) is 4.35. The predicted octanol–water partition coefficient (Wildman–Crippen LogP) is 5.37. The molecule has 2 aromatic rings. The molecule has 0 radical (unpaired) electrons. The van der Waals surface area contributed by atoms with Crippen LogP contribution in [0, 0.1) is 19.8 Å². The van der Waals surface area contributed by atoms with E-state index in [9.17, 15) is 0 Å². The molecule has 0 aliphatic rings. The Bertz CT molecular complexity index is 615. The molecule has 0 N–H and O–H groups in total. The summed E-state index contributed by atoms with van der Waals surface area (Å²) < 4.78 is 1.13. The van der Waals surface area contributed by atoms with Gasteiger partial charge in [-0.3, -0.25) is 0 Å². The Labute approximate surface area is 133 Å². The number of hydrogen-bond acceptors (Lipinski definition) is 2. The van der Waals surface area contributed by atoms with Crippen molar-refractivity contribution in [3.8, 4) is 11.4 Å². The zero-order valence-corrected chi connectivity index (χ0v) is 14.5. The molecular formula is C16H18BrClN2. The molecule has 1 heterocycles. The topological polar surface area (TPSA) is 25.8 Å². The monoisotopic (exact) mass is 352 g/mol. The maximum absolute atomic E-state index is 6.13. The average molecular weight is 354 g/mol. The second-order valence-corrected chi connectivity index (χ2v) is 6.71. The zero-order chi connectivity index (χ0) is 14.9. The van der Waals surface area contributed by atoms with Gasteiger partial charge in [-0.15, -0.1) is 0 Å². The summed E-state index contributed by atoms with van der Waals surface area (Å²) in [5, 5.41) is 0.504. The standard InChI is InChI=1S/C16H18BrClN2/c1-9(2)5-13-8-14(18)20-16(19-13)12-6-10(3)15(17)11(4)7-12/h6-9H,5H2,1-4H3. The Morgan fingerprint density at radius 1 is 1.10 bits per heavy atom.